The number of nitrogens with zero attached hydrogens (tertiary/aromatic N) is 3. The van der Waals surface area contributed by atoms with Crippen LogP contribution in [0.25, 0.3) is 21.9 Å². The maximum Gasteiger partial charge on any atom is 0.175 e. The molecule has 1 aromatic heterocycles. The molecule has 148 valence electrons. The van der Waals surface area contributed by atoms with Crippen LogP contribution < -0.4 is 0 Å². The van der Waals surface area contributed by atoms with Crippen LogP contribution in [0, 0.1) is 0 Å². The van der Waals surface area contributed by atoms with E-state index in [1.165, 1.54) is 19.1 Å². The van der Waals surface area contributed by atoms with E-state index in [9.17, 15) is 8.42 Å². The van der Waals surface area contributed by atoms with Gasteiger partial charge in [0.05, 0.1) is 23.8 Å². The molecule has 6 heteroatoms. The Morgan fingerprint density at radius 3 is 2.52 bits per heavy atom. The standard InChI is InChI=1S/C23H23N3O2S/c1-29(27,28)20-10-6-17(7-11-20)23-21-5-3-2-4-18(21)14-24-22(23)15-25-12-13-26(16-25)19-8-9-19/h2-7,10-14,19H,8-9,15-16H2,1H3. The van der Waals surface area contributed by atoms with Crippen molar-refractivity contribution in [2.24, 2.45) is 0 Å². The second kappa shape index (κ2) is 6.88. The maximum absolute atomic E-state index is 11.8. The van der Waals surface area contributed by atoms with Crippen molar-refractivity contribution in [3.05, 3.63) is 72.8 Å². The first kappa shape index (κ1) is 18.2. The van der Waals surface area contributed by atoms with Gasteiger partial charge in [-0.2, -0.15) is 0 Å². The van der Waals surface area contributed by atoms with Gasteiger partial charge in [-0.05, 0) is 35.9 Å². The molecule has 0 bridgehead atoms. The minimum atomic E-state index is -3.22. The number of hydrogen-bond acceptors (Lipinski definition) is 5. The molecular formula is C23H23N3O2S. The minimum absolute atomic E-state index is 0.332. The minimum Gasteiger partial charge on any atom is -0.356 e. The zero-order valence-corrected chi connectivity index (χ0v) is 17.1. The average molecular weight is 406 g/mol. The molecule has 1 fully saturated rings. The predicted molar refractivity (Wildman–Crippen MR) is 115 cm³/mol. The Morgan fingerprint density at radius 2 is 1.79 bits per heavy atom. The third-order valence-corrected chi connectivity index (χ3v) is 6.76. The monoisotopic (exact) mass is 405 g/mol. The normalized spacial score (nSPS) is 16.7. The molecule has 0 N–H and O–H groups in total. The van der Waals surface area contributed by atoms with Gasteiger partial charge in [0.1, 0.15) is 0 Å². The van der Waals surface area contributed by atoms with Crippen LogP contribution >= 0.6 is 0 Å². The van der Waals surface area contributed by atoms with E-state index >= 15 is 0 Å². The summed E-state index contributed by atoms with van der Waals surface area (Å²) in [5.74, 6) is 0. The summed E-state index contributed by atoms with van der Waals surface area (Å²) in [6.07, 6.45) is 10.1. The summed E-state index contributed by atoms with van der Waals surface area (Å²) in [4.78, 5) is 9.80. The first-order valence-corrected chi connectivity index (χ1v) is 11.7. The Hall–Kier alpha value is -2.86. The largest absolute Gasteiger partial charge is 0.356 e. The van der Waals surface area contributed by atoms with Gasteiger partial charge < -0.3 is 9.80 Å². The highest BCUT2D eigenvalue weighted by molar-refractivity contribution is 7.90. The highest BCUT2D eigenvalue weighted by Gasteiger charge is 2.30. The third kappa shape index (κ3) is 3.60. The van der Waals surface area contributed by atoms with Gasteiger partial charge in [0.2, 0.25) is 0 Å². The molecule has 0 spiro atoms. The lowest BCUT2D eigenvalue weighted by Gasteiger charge is -2.22. The Kier molecular flexibility index (Phi) is 4.32. The van der Waals surface area contributed by atoms with Crippen molar-refractivity contribution >= 4 is 20.6 Å². The van der Waals surface area contributed by atoms with E-state index in [0.29, 0.717) is 17.5 Å². The molecule has 1 aliphatic heterocycles. The van der Waals surface area contributed by atoms with E-state index in [-0.39, 0.29) is 0 Å². The summed E-state index contributed by atoms with van der Waals surface area (Å²) in [5.41, 5.74) is 3.05. The number of hydrogen-bond donors (Lipinski definition) is 0. The maximum atomic E-state index is 11.8. The molecule has 29 heavy (non-hydrogen) atoms. The molecular weight excluding hydrogens is 382 g/mol. The Balaban J connectivity index is 1.55. The van der Waals surface area contributed by atoms with Crippen molar-refractivity contribution in [2.75, 3.05) is 12.9 Å². The Labute approximate surface area is 171 Å². The molecule has 0 radical (unpaired) electrons. The van der Waals surface area contributed by atoms with Gasteiger partial charge in [0, 0.05) is 41.8 Å². The fourth-order valence-corrected chi connectivity index (χ4v) is 4.57. The first-order chi connectivity index (χ1) is 14.0. The SMILES string of the molecule is CS(=O)(=O)c1ccc(-c2c(CN3C=CN(C4CC4)C3)ncc3ccccc23)cc1. The lowest BCUT2D eigenvalue weighted by Crippen LogP contribution is -2.26. The summed E-state index contributed by atoms with van der Waals surface area (Å²) < 4.78 is 23.7. The summed E-state index contributed by atoms with van der Waals surface area (Å²) >= 11 is 0. The van der Waals surface area contributed by atoms with Crippen LogP contribution in [0.4, 0.5) is 0 Å². The Morgan fingerprint density at radius 1 is 1.03 bits per heavy atom. The molecule has 3 aromatic rings. The molecule has 2 aromatic carbocycles. The molecule has 5 nitrogen and oxygen atoms in total. The number of benzene rings is 2. The zero-order chi connectivity index (χ0) is 20.0. The van der Waals surface area contributed by atoms with Crippen LogP contribution in [0.5, 0.6) is 0 Å². The summed E-state index contributed by atoms with van der Waals surface area (Å²) in [6.45, 7) is 1.61. The van der Waals surface area contributed by atoms with Crippen molar-refractivity contribution in [2.45, 2.75) is 30.3 Å². The van der Waals surface area contributed by atoms with Crippen LogP contribution in [-0.4, -0.2) is 42.2 Å². The lowest BCUT2D eigenvalue weighted by atomic mass is 9.97. The van der Waals surface area contributed by atoms with Gasteiger partial charge in [0.15, 0.2) is 9.84 Å². The van der Waals surface area contributed by atoms with Crippen LogP contribution in [0.2, 0.25) is 0 Å². The molecule has 5 rings (SSSR count). The fourth-order valence-electron chi connectivity index (χ4n) is 3.94. The molecule has 0 saturated heterocycles. The van der Waals surface area contributed by atoms with E-state index in [0.717, 1.165) is 34.3 Å². The number of fused-ring (bicyclic) bond motifs is 1. The van der Waals surface area contributed by atoms with Crippen molar-refractivity contribution in [1.82, 2.24) is 14.8 Å². The smallest absolute Gasteiger partial charge is 0.175 e. The van der Waals surface area contributed by atoms with Crippen molar-refractivity contribution in [3.8, 4) is 11.1 Å². The molecule has 2 aliphatic rings. The van der Waals surface area contributed by atoms with E-state index in [1.807, 2.05) is 30.5 Å². The second-order valence-corrected chi connectivity index (χ2v) is 9.91. The van der Waals surface area contributed by atoms with Gasteiger partial charge in [-0.15, -0.1) is 0 Å². The number of sulfone groups is 1. The second-order valence-electron chi connectivity index (χ2n) is 7.90. The lowest BCUT2D eigenvalue weighted by molar-refractivity contribution is 0.252. The highest BCUT2D eigenvalue weighted by Crippen LogP contribution is 2.34. The first-order valence-electron chi connectivity index (χ1n) is 9.84. The van der Waals surface area contributed by atoms with Gasteiger partial charge in [0.25, 0.3) is 0 Å². The van der Waals surface area contributed by atoms with Crippen LogP contribution in [0.15, 0.2) is 72.0 Å². The predicted octanol–water partition coefficient (Wildman–Crippen LogP) is 4.01. The fraction of sp³-hybridized carbons (Fsp3) is 0.261. The van der Waals surface area contributed by atoms with Crippen molar-refractivity contribution < 1.29 is 8.42 Å². The van der Waals surface area contributed by atoms with E-state index in [1.54, 1.807) is 12.1 Å². The molecule has 2 heterocycles. The molecule has 1 saturated carbocycles. The quantitative estimate of drug-likeness (QED) is 0.642. The summed E-state index contributed by atoms with van der Waals surface area (Å²) in [7, 11) is -3.22. The summed E-state index contributed by atoms with van der Waals surface area (Å²) in [5, 5.41) is 2.21. The highest BCUT2D eigenvalue weighted by atomic mass is 32.2. The molecule has 0 amide bonds. The molecule has 0 atom stereocenters. The molecule has 0 unspecified atom stereocenters. The van der Waals surface area contributed by atoms with E-state index in [4.69, 9.17) is 4.98 Å². The topological polar surface area (TPSA) is 53.5 Å². The summed E-state index contributed by atoms with van der Waals surface area (Å²) in [6, 6.07) is 16.0. The average Bonchev–Trinajstić information content (AvgIpc) is 3.46. The van der Waals surface area contributed by atoms with Gasteiger partial charge in [-0.3, -0.25) is 4.98 Å². The van der Waals surface area contributed by atoms with Crippen molar-refractivity contribution in [3.63, 3.8) is 0 Å². The van der Waals surface area contributed by atoms with Gasteiger partial charge in [-0.25, -0.2) is 8.42 Å². The van der Waals surface area contributed by atoms with E-state index < -0.39 is 9.84 Å². The number of aromatic nitrogens is 1. The van der Waals surface area contributed by atoms with Crippen LogP contribution in [-0.2, 0) is 16.4 Å². The van der Waals surface area contributed by atoms with Crippen LogP contribution in [0.3, 0.4) is 0 Å². The zero-order valence-electron chi connectivity index (χ0n) is 16.3. The number of pyridine rings is 1. The van der Waals surface area contributed by atoms with Crippen molar-refractivity contribution in [1.29, 1.82) is 0 Å². The third-order valence-electron chi connectivity index (χ3n) is 5.63. The van der Waals surface area contributed by atoms with Gasteiger partial charge in [-0.1, -0.05) is 36.4 Å². The van der Waals surface area contributed by atoms with Crippen LogP contribution in [0.1, 0.15) is 18.5 Å². The van der Waals surface area contributed by atoms with E-state index in [2.05, 4.69) is 34.3 Å². The Bertz CT molecular complexity index is 1200. The van der Waals surface area contributed by atoms with Gasteiger partial charge >= 0.3 is 0 Å². The molecule has 1 aliphatic carbocycles. The number of rotatable bonds is 5.